The van der Waals surface area contributed by atoms with Crippen molar-refractivity contribution >= 4 is 16.9 Å². The van der Waals surface area contributed by atoms with Gasteiger partial charge in [-0.2, -0.15) is 0 Å². The van der Waals surface area contributed by atoms with Gasteiger partial charge < -0.3 is 9.88 Å². The molecule has 0 aliphatic rings. The number of imidazole rings is 1. The summed E-state index contributed by atoms with van der Waals surface area (Å²) in [5.74, 6) is 0.00713. The van der Waals surface area contributed by atoms with Crippen molar-refractivity contribution in [1.29, 1.82) is 0 Å². The van der Waals surface area contributed by atoms with Gasteiger partial charge in [-0.1, -0.05) is 18.2 Å². The molecule has 0 atom stereocenters. The van der Waals surface area contributed by atoms with E-state index in [1.54, 1.807) is 25.3 Å². The van der Waals surface area contributed by atoms with Crippen LogP contribution in [-0.2, 0) is 0 Å². The summed E-state index contributed by atoms with van der Waals surface area (Å²) in [6.45, 7) is 0. The van der Waals surface area contributed by atoms with E-state index >= 15 is 0 Å². The zero-order valence-electron chi connectivity index (χ0n) is 11.4. The molecule has 0 radical (unpaired) electrons. The molecule has 100 valence electrons. The quantitative estimate of drug-likeness (QED) is 0.774. The first-order valence-electron chi connectivity index (χ1n) is 6.40. The first-order valence-corrected chi connectivity index (χ1v) is 6.40. The molecule has 0 aliphatic carbocycles. The highest BCUT2D eigenvalue weighted by Crippen LogP contribution is 2.24. The second-order valence-corrected chi connectivity index (χ2v) is 4.91. The second kappa shape index (κ2) is 4.81. The predicted octanol–water partition coefficient (Wildman–Crippen LogP) is 2.93. The Balaban J connectivity index is 2.05. The Bertz CT molecular complexity index is 774. The molecule has 0 saturated carbocycles. The van der Waals surface area contributed by atoms with E-state index in [4.69, 9.17) is 0 Å². The molecule has 0 saturated heterocycles. The summed E-state index contributed by atoms with van der Waals surface area (Å²) in [4.78, 5) is 20.9. The van der Waals surface area contributed by atoms with Crippen molar-refractivity contribution in [2.24, 2.45) is 0 Å². The molecule has 1 amide bonds. The highest BCUT2D eigenvalue weighted by Gasteiger charge is 2.09. The normalized spacial score (nSPS) is 10.7. The van der Waals surface area contributed by atoms with Crippen molar-refractivity contribution < 1.29 is 4.79 Å². The van der Waals surface area contributed by atoms with Gasteiger partial charge in [0.1, 0.15) is 0 Å². The van der Waals surface area contributed by atoms with E-state index in [0.717, 1.165) is 22.2 Å². The lowest BCUT2D eigenvalue weighted by Gasteiger charge is -2.11. The van der Waals surface area contributed by atoms with Crippen LogP contribution >= 0.6 is 0 Å². The van der Waals surface area contributed by atoms with Crippen LogP contribution in [0.4, 0.5) is 0 Å². The summed E-state index contributed by atoms with van der Waals surface area (Å²) in [6, 6.07) is 13.7. The molecule has 2 aromatic carbocycles. The summed E-state index contributed by atoms with van der Waals surface area (Å²) in [7, 11) is 3.51. The number of carbonyl (C=O) groups excluding carboxylic acids is 1. The third-order valence-corrected chi connectivity index (χ3v) is 3.27. The lowest BCUT2D eigenvalue weighted by Crippen LogP contribution is -2.21. The SMILES string of the molecule is CN(C)C(=O)c1cccc(-c2ccc3[nH]cnc3c2)c1. The number of nitrogens with zero attached hydrogens (tertiary/aromatic N) is 2. The molecule has 0 aliphatic heterocycles. The molecule has 20 heavy (non-hydrogen) atoms. The van der Waals surface area contributed by atoms with Gasteiger partial charge in [-0.3, -0.25) is 4.79 Å². The highest BCUT2D eigenvalue weighted by molar-refractivity contribution is 5.95. The van der Waals surface area contributed by atoms with Gasteiger partial charge in [0.2, 0.25) is 0 Å². The fourth-order valence-electron chi connectivity index (χ4n) is 2.20. The van der Waals surface area contributed by atoms with Crippen molar-refractivity contribution in [3.05, 3.63) is 54.4 Å². The fraction of sp³-hybridized carbons (Fsp3) is 0.125. The number of amides is 1. The molecule has 4 nitrogen and oxygen atoms in total. The Kier molecular flexibility index (Phi) is 2.99. The molecule has 0 bridgehead atoms. The van der Waals surface area contributed by atoms with Gasteiger partial charge in [0.25, 0.3) is 5.91 Å². The summed E-state index contributed by atoms with van der Waals surface area (Å²) >= 11 is 0. The monoisotopic (exact) mass is 265 g/mol. The van der Waals surface area contributed by atoms with E-state index in [2.05, 4.69) is 9.97 Å². The van der Waals surface area contributed by atoms with Gasteiger partial charge in [-0.15, -0.1) is 0 Å². The number of carbonyl (C=O) groups is 1. The third-order valence-electron chi connectivity index (χ3n) is 3.27. The van der Waals surface area contributed by atoms with Crippen LogP contribution in [0.3, 0.4) is 0 Å². The Morgan fingerprint density at radius 1 is 1.10 bits per heavy atom. The van der Waals surface area contributed by atoms with Gasteiger partial charge in [0, 0.05) is 19.7 Å². The zero-order valence-corrected chi connectivity index (χ0v) is 11.4. The van der Waals surface area contributed by atoms with Crippen LogP contribution in [0.5, 0.6) is 0 Å². The van der Waals surface area contributed by atoms with Gasteiger partial charge in [-0.05, 0) is 35.4 Å². The number of nitrogens with one attached hydrogen (secondary N) is 1. The van der Waals surface area contributed by atoms with Crippen molar-refractivity contribution in [3.63, 3.8) is 0 Å². The third kappa shape index (κ3) is 2.16. The first kappa shape index (κ1) is 12.4. The first-order chi connectivity index (χ1) is 9.65. The molecule has 3 aromatic rings. The summed E-state index contributed by atoms with van der Waals surface area (Å²) in [5.41, 5.74) is 4.69. The van der Waals surface area contributed by atoms with E-state index in [0.29, 0.717) is 5.56 Å². The van der Waals surface area contributed by atoms with Crippen molar-refractivity contribution in [3.8, 4) is 11.1 Å². The van der Waals surface area contributed by atoms with E-state index in [1.807, 2.05) is 42.5 Å². The number of rotatable bonds is 2. The average molecular weight is 265 g/mol. The molecule has 1 heterocycles. The van der Waals surface area contributed by atoms with E-state index in [1.165, 1.54) is 0 Å². The number of fused-ring (bicyclic) bond motifs is 1. The number of hydrogen-bond acceptors (Lipinski definition) is 2. The van der Waals surface area contributed by atoms with Crippen LogP contribution < -0.4 is 0 Å². The molecular weight excluding hydrogens is 250 g/mol. The zero-order chi connectivity index (χ0) is 14.1. The minimum absolute atomic E-state index is 0.00713. The maximum atomic E-state index is 12.0. The number of aromatic nitrogens is 2. The number of benzene rings is 2. The molecule has 1 N–H and O–H groups in total. The largest absolute Gasteiger partial charge is 0.345 e. The van der Waals surface area contributed by atoms with E-state index < -0.39 is 0 Å². The molecule has 1 aromatic heterocycles. The maximum Gasteiger partial charge on any atom is 0.253 e. The Morgan fingerprint density at radius 3 is 2.70 bits per heavy atom. The Morgan fingerprint density at radius 2 is 1.90 bits per heavy atom. The van der Waals surface area contributed by atoms with Crippen LogP contribution in [0.1, 0.15) is 10.4 Å². The van der Waals surface area contributed by atoms with Crippen LogP contribution in [0, 0.1) is 0 Å². The fourth-order valence-corrected chi connectivity index (χ4v) is 2.20. The topological polar surface area (TPSA) is 49.0 Å². The van der Waals surface area contributed by atoms with Crippen molar-refractivity contribution in [2.45, 2.75) is 0 Å². The highest BCUT2D eigenvalue weighted by atomic mass is 16.2. The minimum Gasteiger partial charge on any atom is -0.345 e. The standard InChI is InChI=1S/C16H15N3O/c1-19(2)16(20)13-5-3-4-11(8-13)12-6-7-14-15(9-12)18-10-17-14/h3-10H,1-2H3,(H,17,18). The predicted molar refractivity (Wildman–Crippen MR) is 79.5 cm³/mol. The Hall–Kier alpha value is -2.62. The van der Waals surface area contributed by atoms with Crippen molar-refractivity contribution in [1.82, 2.24) is 14.9 Å². The number of H-pyrrole nitrogens is 1. The molecule has 0 fully saturated rings. The second-order valence-electron chi connectivity index (χ2n) is 4.91. The lowest BCUT2D eigenvalue weighted by atomic mass is 10.0. The summed E-state index contributed by atoms with van der Waals surface area (Å²) in [5, 5.41) is 0. The van der Waals surface area contributed by atoms with Crippen LogP contribution in [0.15, 0.2) is 48.8 Å². The van der Waals surface area contributed by atoms with Crippen LogP contribution in [0.2, 0.25) is 0 Å². The lowest BCUT2D eigenvalue weighted by molar-refractivity contribution is 0.0827. The van der Waals surface area contributed by atoms with E-state index in [-0.39, 0.29) is 5.91 Å². The molecule has 3 rings (SSSR count). The van der Waals surface area contributed by atoms with Crippen molar-refractivity contribution in [2.75, 3.05) is 14.1 Å². The van der Waals surface area contributed by atoms with Crippen LogP contribution in [-0.4, -0.2) is 34.9 Å². The van der Waals surface area contributed by atoms with Gasteiger partial charge in [0.05, 0.1) is 17.4 Å². The van der Waals surface area contributed by atoms with Gasteiger partial charge in [-0.25, -0.2) is 4.98 Å². The van der Waals surface area contributed by atoms with Crippen LogP contribution in [0.25, 0.3) is 22.2 Å². The Labute approximate surface area is 117 Å². The summed E-state index contributed by atoms with van der Waals surface area (Å²) < 4.78 is 0. The summed E-state index contributed by atoms with van der Waals surface area (Å²) in [6.07, 6.45) is 1.68. The number of aromatic amines is 1. The minimum atomic E-state index is 0.00713. The molecule has 0 unspecified atom stereocenters. The van der Waals surface area contributed by atoms with Gasteiger partial charge in [0.15, 0.2) is 0 Å². The molecular formula is C16H15N3O. The van der Waals surface area contributed by atoms with E-state index in [9.17, 15) is 4.79 Å². The maximum absolute atomic E-state index is 12.0. The number of hydrogen-bond donors (Lipinski definition) is 1. The molecule has 0 spiro atoms. The average Bonchev–Trinajstić information content (AvgIpc) is 2.93. The molecule has 4 heteroatoms. The smallest absolute Gasteiger partial charge is 0.253 e. The van der Waals surface area contributed by atoms with Gasteiger partial charge >= 0.3 is 0 Å².